The zero-order valence-electron chi connectivity index (χ0n) is 12.4. The third-order valence-electron chi connectivity index (χ3n) is 4.42. The molecule has 3 atom stereocenters. The fourth-order valence-electron chi connectivity index (χ4n) is 3.25. The van der Waals surface area contributed by atoms with Gasteiger partial charge in [0, 0.05) is 6.04 Å². The summed E-state index contributed by atoms with van der Waals surface area (Å²) in [5.41, 5.74) is 2.66. The third kappa shape index (κ3) is 3.51. The Hall–Kier alpha value is -1.67. The fourth-order valence-corrected chi connectivity index (χ4v) is 3.25. The van der Waals surface area contributed by atoms with E-state index >= 15 is 0 Å². The van der Waals surface area contributed by atoms with E-state index in [1.165, 1.54) is 17.5 Å². The monoisotopic (exact) mass is 283 g/mol. The van der Waals surface area contributed by atoms with E-state index in [1.807, 2.05) is 12.1 Å². The number of hydrogen-bond acceptors (Lipinski definition) is 1. The van der Waals surface area contributed by atoms with Crippen molar-refractivity contribution in [2.24, 2.45) is 5.92 Å². The van der Waals surface area contributed by atoms with Gasteiger partial charge in [0.25, 0.3) is 0 Å². The molecule has 2 aromatic carbocycles. The van der Waals surface area contributed by atoms with Gasteiger partial charge in [-0.05, 0) is 54.5 Å². The number of halogens is 1. The molecule has 0 bridgehead atoms. The largest absolute Gasteiger partial charge is 0.314 e. The minimum Gasteiger partial charge on any atom is -0.314 e. The van der Waals surface area contributed by atoms with Crippen LogP contribution in [0.3, 0.4) is 0 Å². The average molecular weight is 283 g/mol. The van der Waals surface area contributed by atoms with Crippen LogP contribution in [0.2, 0.25) is 0 Å². The topological polar surface area (TPSA) is 12.0 Å². The molecule has 1 N–H and O–H groups in total. The number of nitrogens with one attached hydrogen (secondary N) is 1. The number of hydrogen-bond donors (Lipinski definition) is 1. The summed E-state index contributed by atoms with van der Waals surface area (Å²) in [4.78, 5) is 0. The van der Waals surface area contributed by atoms with Crippen LogP contribution in [-0.4, -0.2) is 12.6 Å². The Morgan fingerprint density at radius 1 is 1.10 bits per heavy atom. The van der Waals surface area contributed by atoms with Crippen molar-refractivity contribution in [1.29, 1.82) is 0 Å². The molecular weight excluding hydrogens is 261 g/mol. The van der Waals surface area contributed by atoms with Crippen LogP contribution in [0.25, 0.3) is 0 Å². The Kier molecular flexibility index (Phi) is 4.35. The van der Waals surface area contributed by atoms with Gasteiger partial charge in [-0.2, -0.15) is 0 Å². The maximum absolute atomic E-state index is 13.0. The zero-order chi connectivity index (χ0) is 14.7. The van der Waals surface area contributed by atoms with Gasteiger partial charge in [-0.25, -0.2) is 4.39 Å². The van der Waals surface area contributed by atoms with Crippen LogP contribution < -0.4 is 5.32 Å². The molecule has 0 heterocycles. The lowest BCUT2D eigenvalue weighted by Gasteiger charge is -2.18. The van der Waals surface area contributed by atoms with Gasteiger partial charge in [-0.1, -0.05) is 49.4 Å². The molecule has 21 heavy (non-hydrogen) atoms. The van der Waals surface area contributed by atoms with E-state index in [0.717, 1.165) is 13.0 Å². The Balaban J connectivity index is 1.67. The van der Waals surface area contributed by atoms with Crippen LogP contribution in [0, 0.1) is 11.7 Å². The molecule has 1 aliphatic carbocycles. The van der Waals surface area contributed by atoms with Crippen molar-refractivity contribution in [2.75, 3.05) is 6.54 Å². The number of benzene rings is 2. The lowest BCUT2D eigenvalue weighted by molar-refractivity contribution is 0.464. The van der Waals surface area contributed by atoms with Gasteiger partial charge in [0.2, 0.25) is 0 Å². The van der Waals surface area contributed by atoms with Gasteiger partial charge >= 0.3 is 0 Å². The highest BCUT2D eigenvalue weighted by Crippen LogP contribution is 2.50. The molecule has 0 radical (unpaired) electrons. The van der Waals surface area contributed by atoms with Gasteiger partial charge in [-0.15, -0.1) is 0 Å². The van der Waals surface area contributed by atoms with Crippen molar-refractivity contribution in [3.05, 3.63) is 71.5 Å². The summed E-state index contributed by atoms with van der Waals surface area (Å²) in [6.07, 6.45) is 2.23. The highest BCUT2D eigenvalue weighted by Gasteiger charge is 2.43. The lowest BCUT2D eigenvalue weighted by Crippen LogP contribution is -2.33. The van der Waals surface area contributed by atoms with Crippen molar-refractivity contribution in [3.8, 4) is 0 Å². The van der Waals surface area contributed by atoms with Crippen LogP contribution in [0.15, 0.2) is 54.6 Å². The first-order valence-corrected chi connectivity index (χ1v) is 7.80. The Bertz CT molecular complexity index is 564. The predicted octanol–water partition coefficient (Wildman–Crippen LogP) is 4.15. The molecule has 2 heteroatoms. The fraction of sp³-hybridized carbons (Fsp3) is 0.368. The third-order valence-corrected chi connectivity index (χ3v) is 4.42. The summed E-state index contributed by atoms with van der Waals surface area (Å²) in [6.45, 7) is 3.13. The normalized spacial score (nSPS) is 22.0. The molecule has 1 aliphatic rings. The summed E-state index contributed by atoms with van der Waals surface area (Å²) < 4.78 is 13.0. The van der Waals surface area contributed by atoms with Crippen LogP contribution in [0.5, 0.6) is 0 Å². The van der Waals surface area contributed by atoms with Gasteiger partial charge in [0.05, 0.1) is 0 Å². The molecular formula is C19H22FN. The van der Waals surface area contributed by atoms with E-state index in [-0.39, 0.29) is 5.82 Å². The zero-order valence-corrected chi connectivity index (χ0v) is 12.4. The van der Waals surface area contributed by atoms with E-state index in [1.54, 1.807) is 12.1 Å². The van der Waals surface area contributed by atoms with Gasteiger partial charge in [0.15, 0.2) is 0 Å². The molecule has 0 aromatic heterocycles. The van der Waals surface area contributed by atoms with Gasteiger partial charge in [-0.3, -0.25) is 0 Å². The highest BCUT2D eigenvalue weighted by atomic mass is 19.1. The van der Waals surface area contributed by atoms with Crippen molar-refractivity contribution in [1.82, 2.24) is 5.32 Å². The van der Waals surface area contributed by atoms with Gasteiger partial charge < -0.3 is 5.32 Å². The molecule has 2 aromatic rings. The summed E-state index contributed by atoms with van der Waals surface area (Å²) in [7, 11) is 0. The van der Waals surface area contributed by atoms with E-state index < -0.39 is 0 Å². The molecule has 1 saturated carbocycles. The Morgan fingerprint density at radius 3 is 2.48 bits per heavy atom. The molecule has 0 spiro atoms. The smallest absolute Gasteiger partial charge is 0.123 e. The first kappa shape index (κ1) is 14.3. The Morgan fingerprint density at radius 2 is 1.81 bits per heavy atom. The predicted molar refractivity (Wildman–Crippen MR) is 84.9 cm³/mol. The van der Waals surface area contributed by atoms with Crippen LogP contribution in [0.4, 0.5) is 4.39 Å². The van der Waals surface area contributed by atoms with Crippen molar-refractivity contribution < 1.29 is 4.39 Å². The van der Waals surface area contributed by atoms with Crippen molar-refractivity contribution in [3.63, 3.8) is 0 Å². The number of likely N-dealkylation sites (N-methyl/N-ethyl adjacent to an activating group) is 1. The van der Waals surface area contributed by atoms with Crippen LogP contribution in [0.1, 0.15) is 30.4 Å². The molecule has 110 valence electrons. The molecule has 3 unspecified atom stereocenters. The summed E-state index contributed by atoms with van der Waals surface area (Å²) >= 11 is 0. The second kappa shape index (κ2) is 6.40. The maximum Gasteiger partial charge on any atom is 0.123 e. The lowest BCUT2D eigenvalue weighted by atomic mass is 9.99. The van der Waals surface area contributed by atoms with Crippen LogP contribution >= 0.6 is 0 Å². The second-order valence-corrected chi connectivity index (χ2v) is 5.91. The molecule has 1 fully saturated rings. The quantitative estimate of drug-likeness (QED) is 0.839. The highest BCUT2D eigenvalue weighted by molar-refractivity contribution is 5.28. The average Bonchev–Trinajstić information content (AvgIpc) is 3.30. The summed E-state index contributed by atoms with van der Waals surface area (Å²) in [5, 5.41) is 3.61. The molecule has 0 aliphatic heterocycles. The first-order chi connectivity index (χ1) is 10.3. The minimum atomic E-state index is -0.160. The van der Waals surface area contributed by atoms with Crippen LogP contribution in [-0.2, 0) is 6.42 Å². The van der Waals surface area contributed by atoms with E-state index in [2.05, 4.69) is 42.6 Å². The van der Waals surface area contributed by atoms with Gasteiger partial charge in [0.1, 0.15) is 5.82 Å². The van der Waals surface area contributed by atoms with E-state index in [4.69, 9.17) is 0 Å². The molecule has 0 amide bonds. The summed E-state index contributed by atoms with van der Waals surface area (Å²) in [6, 6.07) is 18.2. The maximum atomic E-state index is 13.0. The first-order valence-electron chi connectivity index (χ1n) is 7.80. The van der Waals surface area contributed by atoms with Crippen molar-refractivity contribution >= 4 is 0 Å². The second-order valence-electron chi connectivity index (χ2n) is 5.91. The van der Waals surface area contributed by atoms with Crippen molar-refractivity contribution in [2.45, 2.75) is 31.7 Å². The summed E-state index contributed by atoms with van der Waals surface area (Å²) in [5.74, 6) is 1.21. The number of rotatable bonds is 6. The SMILES string of the molecule is CCNC(Cc1ccc(F)cc1)C1CC1c1ccccc1. The molecule has 1 nitrogen and oxygen atoms in total. The molecule has 3 rings (SSSR count). The molecule has 0 saturated heterocycles. The Labute approximate surface area is 126 Å². The minimum absolute atomic E-state index is 0.160. The van der Waals surface area contributed by atoms with E-state index in [9.17, 15) is 4.39 Å². The standard InChI is InChI=1S/C19H22FN/c1-2-21-19(12-14-8-10-16(20)11-9-14)18-13-17(18)15-6-4-3-5-7-15/h3-11,17-19,21H,2,12-13H2,1H3. The van der Waals surface area contributed by atoms with E-state index in [0.29, 0.717) is 17.9 Å².